The Morgan fingerprint density at radius 3 is 2.05 bits per heavy atom. The molecule has 0 unspecified atom stereocenters. The van der Waals surface area contributed by atoms with Crippen LogP contribution in [0.5, 0.6) is 0 Å². The molecule has 1 aromatic heterocycles. The van der Waals surface area contributed by atoms with Crippen molar-refractivity contribution >= 4 is 23.0 Å². The van der Waals surface area contributed by atoms with Gasteiger partial charge in [0.1, 0.15) is 11.5 Å². The molecule has 0 radical (unpaired) electrons. The van der Waals surface area contributed by atoms with Gasteiger partial charge in [-0.3, -0.25) is 0 Å². The fourth-order valence-corrected chi connectivity index (χ4v) is 1.50. The van der Waals surface area contributed by atoms with Gasteiger partial charge in [-0.05, 0) is 18.2 Å². The van der Waals surface area contributed by atoms with E-state index >= 15 is 0 Å². The minimum atomic E-state index is -1.80. The normalized spacial score (nSPS) is 10.6. The Balaban J connectivity index is 2.46. The fourth-order valence-electron chi connectivity index (χ4n) is 1.31. The van der Waals surface area contributed by atoms with Crippen LogP contribution in [0.4, 0.5) is 33.3 Å². The van der Waals surface area contributed by atoms with E-state index in [0.29, 0.717) is 0 Å². The highest BCUT2D eigenvalue weighted by Gasteiger charge is 2.21. The molecule has 0 aliphatic heterocycles. The lowest BCUT2D eigenvalue weighted by Gasteiger charge is -2.09. The highest BCUT2D eigenvalue weighted by Crippen LogP contribution is 2.27. The van der Waals surface area contributed by atoms with Gasteiger partial charge < -0.3 is 5.32 Å². The average Bonchev–Trinajstić information content (AvgIpc) is 2.36. The topological polar surface area (TPSA) is 24.9 Å². The van der Waals surface area contributed by atoms with Gasteiger partial charge in [0, 0.05) is 5.69 Å². The summed E-state index contributed by atoms with van der Waals surface area (Å²) in [7, 11) is 0. The van der Waals surface area contributed by atoms with Crippen molar-refractivity contribution in [2.75, 3.05) is 5.32 Å². The second kappa shape index (κ2) is 5.00. The number of aromatic nitrogens is 1. The van der Waals surface area contributed by atoms with Crippen molar-refractivity contribution in [1.82, 2.24) is 4.98 Å². The van der Waals surface area contributed by atoms with E-state index in [2.05, 4.69) is 10.3 Å². The third kappa shape index (κ3) is 2.60. The van der Waals surface area contributed by atoms with Crippen molar-refractivity contribution in [3.63, 3.8) is 0 Å². The summed E-state index contributed by atoms with van der Waals surface area (Å²) >= 11 is 5.46. The molecule has 8 heteroatoms. The number of pyridine rings is 1. The van der Waals surface area contributed by atoms with Crippen molar-refractivity contribution in [1.29, 1.82) is 0 Å². The van der Waals surface area contributed by atoms with E-state index in [0.717, 1.165) is 18.2 Å². The molecule has 0 atom stereocenters. The Bertz CT molecular complexity index is 621. The number of nitrogens with one attached hydrogen (secondary N) is 1. The van der Waals surface area contributed by atoms with Crippen LogP contribution in [0.2, 0.25) is 5.02 Å². The number of rotatable bonds is 2. The molecule has 2 rings (SSSR count). The Labute approximate surface area is 108 Å². The van der Waals surface area contributed by atoms with E-state index in [9.17, 15) is 22.0 Å². The molecule has 19 heavy (non-hydrogen) atoms. The van der Waals surface area contributed by atoms with Gasteiger partial charge in [-0.25, -0.2) is 4.39 Å². The highest BCUT2D eigenvalue weighted by atomic mass is 35.5. The fraction of sp³-hybridized carbons (Fsp3) is 0. The van der Waals surface area contributed by atoms with E-state index in [4.69, 9.17) is 11.6 Å². The van der Waals surface area contributed by atoms with E-state index in [-0.39, 0.29) is 10.7 Å². The number of hydrogen-bond donors (Lipinski definition) is 1. The Hall–Kier alpha value is -1.89. The SMILES string of the molecule is Fc1ccc(Nc2c(F)c(F)nc(F)c2F)cc1Cl. The summed E-state index contributed by atoms with van der Waals surface area (Å²) in [5, 5.41) is 1.75. The average molecular weight is 295 g/mol. The van der Waals surface area contributed by atoms with E-state index < -0.39 is 35.0 Å². The van der Waals surface area contributed by atoms with Crippen LogP contribution in [0.1, 0.15) is 0 Å². The number of hydrogen-bond acceptors (Lipinski definition) is 2. The molecule has 0 aliphatic rings. The largest absolute Gasteiger partial charge is 0.350 e. The first-order chi connectivity index (χ1) is 8.90. The first-order valence-electron chi connectivity index (χ1n) is 4.82. The molecule has 100 valence electrons. The maximum absolute atomic E-state index is 13.3. The Kier molecular flexibility index (Phi) is 3.57. The number of nitrogens with zero attached hydrogens (tertiary/aromatic N) is 1. The van der Waals surface area contributed by atoms with Crippen molar-refractivity contribution in [3.8, 4) is 0 Å². The van der Waals surface area contributed by atoms with Crippen LogP contribution in [-0.2, 0) is 0 Å². The van der Waals surface area contributed by atoms with Gasteiger partial charge in [-0.15, -0.1) is 0 Å². The first-order valence-corrected chi connectivity index (χ1v) is 5.20. The van der Waals surface area contributed by atoms with Gasteiger partial charge in [0.25, 0.3) is 11.9 Å². The summed E-state index contributed by atoms with van der Waals surface area (Å²) in [4.78, 5) is 2.40. The molecule has 0 saturated heterocycles. The third-order valence-corrected chi connectivity index (χ3v) is 2.48. The molecule has 0 amide bonds. The zero-order valence-corrected chi connectivity index (χ0v) is 9.70. The minimum Gasteiger partial charge on any atom is -0.350 e. The van der Waals surface area contributed by atoms with Crippen LogP contribution in [-0.4, -0.2) is 4.98 Å². The Morgan fingerprint density at radius 2 is 1.53 bits per heavy atom. The van der Waals surface area contributed by atoms with E-state index in [1.54, 1.807) is 0 Å². The summed E-state index contributed by atoms with van der Waals surface area (Å²) in [6.45, 7) is 0. The summed E-state index contributed by atoms with van der Waals surface area (Å²) in [6.07, 6.45) is 0. The van der Waals surface area contributed by atoms with Crippen LogP contribution in [0, 0.1) is 29.3 Å². The predicted molar refractivity (Wildman–Crippen MR) is 58.8 cm³/mol. The highest BCUT2D eigenvalue weighted by molar-refractivity contribution is 6.31. The molecule has 0 spiro atoms. The van der Waals surface area contributed by atoms with Gasteiger partial charge in [-0.2, -0.15) is 22.5 Å². The quantitative estimate of drug-likeness (QED) is 0.664. The molecular weight excluding hydrogens is 291 g/mol. The minimum absolute atomic E-state index is 0.0470. The molecule has 0 fully saturated rings. The van der Waals surface area contributed by atoms with Crippen LogP contribution in [0.3, 0.4) is 0 Å². The maximum atomic E-state index is 13.3. The molecule has 1 aromatic carbocycles. The lowest BCUT2D eigenvalue weighted by molar-refractivity contribution is 0.411. The molecule has 1 heterocycles. The lowest BCUT2D eigenvalue weighted by Crippen LogP contribution is -2.06. The van der Waals surface area contributed by atoms with Gasteiger partial charge in [0.2, 0.25) is 11.6 Å². The van der Waals surface area contributed by atoms with E-state index in [1.807, 2.05) is 0 Å². The zero-order valence-electron chi connectivity index (χ0n) is 8.95. The second-order valence-electron chi connectivity index (χ2n) is 3.45. The number of anilines is 2. The van der Waals surface area contributed by atoms with Crippen LogP contribution >= 0.6 is 11.6 Å². The maximum Gasteiger partial charge on any atom is 0.253 e. The van der Waals surface area contributed by atoms with Gasteiger partial charge in [0.15, 0.2) is 0 Å². The predicted octanol–water partition coefficient (Wildman–Crippen LogP) is 4.17. The molecule has 1 N–H and O–H groups in total. The molecule has 0 aliphatic carbocycles. The smallest absolute Gasteiger partial charge is 0.253 e. The van der Waals surface area contributed by atoms with Crippen LogP contribution in [0.25, 0.3) is 0 Å². The molecule has 0 saturated carbocycles. The summed E-state index contributed by atoms with van der Waals surface area (Å²) in [6, 6.07) is 3.02. The molecule has 2 nitrogen and oxygen atoms in total. The van der Waals surface area contributed by atoms with Gasteiger partial charge >= 0.3 is 0 Å². The van der Waals surface area contributed by atoms with Crippen molar-refractivity contribution in [2.45, 2.75) is 0 Å². The zero-order chi connectivity index (χ0) is 14.2. The Morgan fingerprint density at radius 1 is 0.947 bits per heavy atom. The van der Waals surface area contributed by atoms with Crippen LogP contribution in [0.15, 0.2) is 18.2 Å². The monoisotopic (exact) mass is 294 g/mol. The lowest BCUT2D eigenvalue weighted by atomic mass is 10.3. The summed E-state index contributed by atoms with van der Waals surface area (Å²) < 4.78 is 65.2. The van der Waals surface area contributed by atoms with E-state index in [1.165, 1.54) is 0 Å². The van der Waals surface area contributed by atoms with Gasteiger partial charge in [0.05, 0.1) is 5.02 Å². The van der Waals surface area contributed by atoms with Crippen LogP contribution < -0.4 is 5.32 Å². The third-order valence-electron chi connectivity index (χ3n) is 2.19. The molecular formula is C11H4ClF5N2. The van der Waals surface area contributed by atoms with Crippen molar-refractivity contribution in [3.05, 3.63) is 52.6 Å². The first kappa shape index (κ1) is 13.5. The number of halogens is 6. The second-order valence-corrected chi connectivity index (χ2v) is 3.86. The van der Waals surface area contributed by atoms with Gasteiger partial charge in [-0.1, -0.05) is 11.6 Å². The standard InChI is InChI=1S/C11H4ClF5N2/c12-5-3-4(1-2-6(5)13)18-9-7(14)10(16)19-11(17)8(9)15/h1-3H,(H,18,19). The molecule has 0 bridgehead atoms. The summed E-state index contributed by atoms with van der Waals surface area (Å²) in [5.41, 5.74) is -1.12. The summed E-state index contributed by atoms with van der Waals surface area (Å²) in [5.74, 6) is -7.73. The van der Waals surface area contributed by atoms with Crippen molar-refractivity contribution in [2.24, 2.45) is 0 Å². The molecule has 2 aromatic rings. The number of benzene rings is 1. The van der Waals surface area contributed by atoms with Crippen molar-refractivity contribution < 1.29 is 22.0 Å².